The molecule has 0 amide bonds. The van der Waals surface area contributed by atoms with Crippen molar-refractivity contribution in [1.29, 1.82) is 0 Å². The highest BCUT2D eigenvalue weighted by atomic mass is 32.5. The van der Waals surface area contributed by atoms with Crippen LogP contribution in [0.5, 0.6) is 0 Å². The number of anilines is 1. The summed E-state index contributed by atoms with van der Waals surface area (Å²) in [6.07, 6.45) is 0. The zero-order valence-electron chi connectivity index (χ0n) is 11.4. The quantitative estimate of drug-likeness (QED) is 0.827. The molecule has 1 heterocycles. The molecule has 2 aromatic rings. The average Bonchev–Trinajstić information content (AvgIpc) is 2.83. The van der Waals surface area contributed by atoms with Gasteiger partial charge in [-0.05, 0) is 25.7 Å². The van der Waals surface area contributed by atoms with E-state index in [1.807, 2.05) is 44.2 Å². The second kappa shape index (κ2) is 6.45. The Labute approximate surface area is 123 Å². The van der Waals surface area contributed by atoms with Crippen molar-refractivity contribution in [3.63, 3.8) is 0 Å². The molecule has 0 spiro atoms. The van der Waals surface area contributed by atoms with Crippen LogP contribution in [0.15, 0.2) is 30.3 Å². The van der Waals surface area contributed by atoms with E-state index in [-0.39, 0.29) is 5.95 Å². The molecular weight excluding hydrogens is 295 g/mol. The van der Waals surface area contributed by atoms with Gasteiger partial charge in [0.1, 0.15) is 0 Å². The van der Waals surface area contributed by atoms with Gasteiger partial charge in [0, 0.05) is 5.56 Å². The van der Waals surface area contributed by atoms with Gasteiger partial charge >= 0.3 is 6.64 Å². The summed E-state index contributed by atoms with van der Waals surface area (Å²) in [5.41, 5.74) is 6.78. The summed E-state index contributed by atoms with van der Waals surface area (Å²) in [6, 6.07) is 9.56. The van der Waals surface area contributed by atoms with Crippen LogP contribution in [0.3, 0.4) is 0 Å². The molecule has 2 rings (SSSR count). The third kappa shape index (κ3) is 3.07. The van der Waals surface area contributed by atoms with E-state index in [0.717, 1.165) is 5.56 Å². The van der Waals surface area contributed by atoms with Gasteiger partial charge in [0.05, 0.1) is 13.2 Å². The monoisotopic (exact) mass is 312 g/mol. The van der Waals surface area contributed by atoms with Crippen LogP contribution in [-0.4, -0.2) is 27.7 Å². The second-order valence-corrected chi connectivity index (χ2v) is 7.07. The first kappa shape index (κ1) is 15.1. The molecule has 0 aliphatic carbocycles. The van der Waals surface area contributed by atoms with E-state index in [0.29, 0.717) is 19.0 Å². The highest BCUT2D eigenvalue weighted by Crippen LogP contribution is 2.50. The third-order valence-corrected chi connectivity index (χ3v) is 5.49. The molecule has 1 aromatic heterocycles. The lowest BCUT2D eigenvalue weighted by Crippen LogP contribution is -2.09. The minimum Gasteiger partial charge on any atom is -0.368 e. The van der Waals surface area contributed by atoms with Gasteiger partial charge < -0.3 is 14.8 Å². The summed E-state index contributed by atoms with van der Waals surface area (Å²) in [4.78, 5) is 4.24. The first-order valence-electron chi connectivity index (χ1n) is 6.28. The Morgan fingerprint density at radius 2 is 1.80 bits per heavy atom. The Balaban J connectivity index is 2.43. The topological polar surface area (TPSA) is 75.2 Å². The zero-order valence-corrected chi connectivity index (χ0v) is 13.1. The maximum atomic E-state index is 5.92. The number of hydrogen-bond donors (Lipinski definition) is 1. The lowest BCUT2D eigenvalue weighted by atomic mass is 10.2. The average molecular weight is 312 g/mol. The van der Waals surface area contributed by atoms with Crippen LogP contribution < -0.4 is 5.73 Å². The summed E-state index contributed by atoms with van der Waals surface area (Å²) in [7, 11) is 0. The lowest BCUT2D eigenvalue weighted by Gasteiger charge is -2.20. The van der Waals surface area contributed by atoms with Crippen LogP contribution in [0.4, 0.5) is 5.95 Å². The van der Waals surface area contributed by atoms with Crippen molar-refractivity contribution >= 4 is 24.4 Å². The van der Waals surface area contributed by atoms with Gasteiger partial charge in [-0.15, -0.1) is 5.10 Å². The van der Waals surface area contributed by atoms with Crippen LogP contribution in [0.1, 0.15) is 13.8 Å². The van der Waals surface area contributed by atoms with Crippen molar-refractivity contribution in [2.45, 2.75) is 13.8 Å². The summed E-state index contributed by atoms with van der Waals surface area (Å²) in [5.74, 6) is 0.714. The first-order valence-corrected chi connectivity index (χ1v) is 8.87. The third-order valence-electron chi connectivity index (χ3n) is 2.46. The van der Waals surface area contributed by atoms with Gasteiger partial charge in [-0.1, -0.05) is 30.3 Å². The fourth-order valence-electron chi connectivity index (χ4n) is 1.68. The highest BCUT2D eigenvalue weighted by molar-refractivity contribution is 8.09. The number of nitrogens with two attached hydrogens (primary N) is 1. The van der Waals surface area contributed by atoms with E-state index in [2.05, 4.69) is 10.1 Å². The van der Waals surface area contributed by atoms with Gasteiger partial charge in [-0.3, -0.25) is 0 Å². The highest BCUT2D eigenvalue weighted by Gasteiger charge is 2.26. The SMILES string of the molecule is CCOP(=S)(OCC)n1nc(-c2ccccc2)nc1N. The minimum absolute atomic E-state index is 0.203. The molecule has 0 saturated heterocycles. The van der Waals surface area contributed by atoms with E-state index in [9.17, 15) is 0 Å². The first-order chi connectivity index (χ1) is 9.60. The fourth-order valence-corrected chi connectivity index (χ4v) is 4.11. The fraction of sp³-hybridized carbons (Fsp3) is 0.333. The molecule has 0 saturated carbocycles. The molecule has 0 bridgehead atoms. The van der Waals surface area contributed by atoms with Crippen LogP contribution in [-0.2, 0) is 20.9 Å². The Kier molecular flexibility index (Phi) is 4.88. The van der Waals surface area contributed by atoms with Crippen molar-refractivity contribution in [2.24, 2.45) is 0 Å². The second-order valence-electron chi connectivity index (χ2n) is 3.85. The van der Waals surface area contributed by atoms with Crippen LogP contribution >= 0.6 is 6.64 Å². The van der Waals surface area contributed by atoms with E-state index in [1.54, 1.807) is 0 Å². The van der Waals surface area contributed by atoms with Gasteiger partial charge in [-0.2, -0.15) is 9.44 Å². The maximum absolute atomic E-state index is 5.92. The summed E-state index contributed by atoms with van der Waals surface area (Å²) in [6.45, 7) is 1.80. The number of rotatable bonds is 6. The molecule has 2 N–H and O–H groups in total. The van der Waals surface area contributed by atoms with Gasteiger partial charge in [0.2, 0.25) is 5.95 Å². The largest absolute Gasteiger partial charge is 0.368 e. The summed E-state index contributed by atoms with van der Waals surface area (Å²) < 4.78 is 12.5. The standard InChI is InChI=1S/C12H17N4O2PS/c1-3-17-19(20,18-4-2)16-12(13)14-11(15-16)10-8-6-5-7-9-10/h5-9H,3-4H2,1-2H3,(H2,13,14,15). The Bertz CT molecular complexity index is 607. The number of nitrogens with zero attached hydrogens (tertiary/aromatic N) is 3. The number of hydrogen-bond acceptors (Lipinski definition) is 6. The molecule has 8 heteroatoms. The number of benzene rings is 1. The van der Waals surface area contributed by atoms with E-state index in [4.69, 9.17) is 26.6 Å². The van der Waals surface area contributed by atoms with Crippen LogP contribution in [0, 0.1) is 0 Å². The molecular formula is C12H17N4O2PS. The molecule has 1 aromatic carbocycles. The zero-order chi connectivity index (χ0) is 14.6. The predicted octanol–water partition coefficient (Wildman–Crippen LogP) is 2.67. The molecule has 20 heavy (non-hydrogen) atoms. The predicted molar refractivity (Wildman–Crippen MR) is 82.8 cm³/mol. The minimum atomic E-state index is -2.76. The van der Waals surface area contributed by atoms with Crippen molar-refractivity contribution in [3.05, 3.63) is 30.3 Å². The Morgan fingerprint density at radius 1 is 1.20 bits per heavy atom. The smallest absolute Gasteiger partial charge is 0.313 e. The Morgan fingerprint density at radius 3 is 2.35 bits per heavy atom. The lowest BCUT2D eigenvalue weighted by molar-refractivity contribution is 0.257. The molecule has 0 fully saturated rings. The van der Waals surface area contributed by atoms with Crippen LogP contribution in [0.2, 0.25) is 0 Å². The molecule has 0 unspecified atom stereocenters. The number of nitrogen functional groups attached to an aromatic ring is 1. The van der Waals surface area contributed by atoms with Gasteiger partial charge in [0.25, 0.3) is 0 Å². The number of aromatic nitrogens is 3. The van der Waals surface area contributed by atoms with Gasteiger partial charge in [0.15, 0.2) is 5.82 Å². The van der Waals surface area contributed by atoms with E-state index < -0.39 is 6.64 Å². The van der Waals surface area contributed by atoms with Crippen molar-refractivity contribution in [1.82, 2.24) is 14.5 Å². The Hall–Kier alpha value is -1.27. The van der Waals surface area contributed by atoms with Crippen molar-refractivity contribution in [2.75, 3.05) is 18.9 Å². The molecule has 0 radical (unpaired) electrons. The van der Waals surface area contributed by atoms with E-state index >= 15 is 0 Å². The maximum Gasteiger partial charge on any atom is 0.313 e. The van der Waals surface area contributed by atoms with Crippen molar-refractivity contribution in [3.8, 4) is 11.4 Å². The molecule has 0 aliphatic rings. The summed E-state index contributed by atoms with van der Waals surface area (Å²) in [5, 5.41) is 4.37. The van der Waals surface area contributed by atoms with Crippen LogP contribution in [0.25, 0.3) is 11.4 Å². The van der Waals surface area contributed by atoms with Crippen molar-refractivity contribution < 1.29 is 9.05 Å². The normalized spacial score (nSPS) is 11.7. The molecule has 6 nitrogen and oxygen atoms in total. The van der Waals surface area contributed by atoms with Gasteiger partial charge in [-0.25, -0.2) is 0 Å². The molecule has 0 aliphatic heterocycles. The molecule has 0 atom stereocenters. The summed E-state index contributed by atoms with van der Waals surface area (Å²) >= 11 is 5.46. The molecule has 108 valence electrons. The van der Waals surface area contributed by atoms with E-state index in [1.165, 1.54) is 4.45 Å².